The van der Waals surface area contributed by atoms with Gasteiger partial charge in [0.25, 0.3) is 0 Å². The summed E-state index contributed by atoms with van der Waals surface area (Å²) >= 11 is 3.12. The topological polar surface area (TPSA) is 42.0 Å². The first kappa shape index (κ1) is 15.1. The van der Waals surface area contributed by atoms with Crippen LogP contribution >= 0.6 is 23.1 Å². The molecule has 5 heteroatoms. The van der Waals surface area contributed by atoms with Crippen LogP contribution in [0.2, 0.25) is 0 Å². The third-order valence-electron chi connectivity index (χ3n) is 3.27. The average molecular weight is 328 g/mol. The number of fused-ring (bicyclic) bond motifs is 1. The highest BCUT2D eigenvalue weighted by molar-refractivity contribution is 7.99. The van der Waals surface area contributed by atoms with Crippen molar-refractivity contribution in [2.75, 3.05) is 5.75 Å². The summed E-state index contributed by atoms with van der Waals surface area (Å²) in [4.78, 5) is 17.8. The molecule has 0 spiro atoms. The Labute approximate surface area is 137 Å². The molecular formula is C17H16N2OS2. The molecule has 1 amide bonds. The van der Waals surface area contributed by atoms with Crippen LogP contribution in [-0.2, 0) is 4.79 Å². The van der Waals surface area contributed by atoms with Gasteiger partial charge in [-0.3, -0.25) is 4.79 Å². The number of nitrogens with zero attached hydrogens (tertiary/aromatic N) is 1. The SMILES string of the molecule is C[C@H](NC(=O)CSc1ccc2ccccc2n1)c1cccs1. The van der Waals surface area contributed by atoms with Crippen LogP contribution in [0.4, 0.5) is 0 Å². The van der Waals surface area contributed by atoms with Crippen LogP contribution in [-0.4, -0.2) is 16.6 Å². The standard InChI is InChI=1S/C17H16N2OS2/c1-12(15-7-4-10-21-15)18-16(20)11-22-17-9-8-13-5-2-3-6-14(13)19-17/h2-10,12H,11H2,1H3,(H,18,20)/t12-/m0/s1. The number of nitrogens with one attached hydrogen (secondary N) is 1. The number of carbonyl (C=O) groups is 1. The van der Waals surface area contributed by atoms with E-state index in [0.717, 1.165) is 15.9 Å². The van der Waals surface area contributed by atoms with Gasteiger partial charge in [0.2, 0.25) is 5.91 Å². The second-order valence-electron chi connectivity index (χ2n) is 4.94. The molecule has 22 heavy (non-hydrogen) atoms. The van der Waals surface area contributed by atoms with Crippen molar-refractivity contribution in [2.45, 2.75) is 18.0 Å². The van der Waals surface area contributed by atoms with Gasteiger partial charge in [-0.1, -0.05) is 42.1 Å². The predicted molar refractivity (Wildman–Crippen MR) is 93.3 cm³/mol. The first-order valence-corrected chi connectivity index (χ1v) is 8.90. The number of pyridine rings is 1. The molecule has 0 saturated heterocycles. The molecule has 0 radical (unpaired) electrons. The predicted octanol–water partition coefficient (Wildman–Crippen LogP) is 4.27. The Kier molecular flexibility index (Phi) is 4.75. The van der Waals surface area contributed by atoms with Gasteiger partial charge in [0, 0.05) is 10.3 Å². The Hall–Kier alpha value is -1.85. The molecule has 0 saturated carbocycles. The smallest absolute Gasteiger partial charge is 0.230 e. The number of benzene rings is 1. The molecule has 3 nitrogen and oxygen atoms in total. The molecule has 0 aliphatic rings. The minimum atomic E-state index is 0.0286. The third-order valence-corrected chi connectivity index (χ3v) is 5.26. The molecule has 2 heterocycles. The Balaban J connectivity index is 1.57. The van der Waals surface area contributed by atoms with Crippen molar-refractivity contribution in [1.82, 2.24) is 10.3 Å². The number of aromatic nitrogens is 1. The van der Waals surface area contributed by atoms with Gasteiger partial charge in [0.05, 0.1) is 22.3 Å². The van der Waals surface area contributed by atoms with Crippen LogP contribution in [0.15, 0.2) is 58.9 Å². The lowest BCUT2D eigenvalue weighted by molar-refractivity contribution is -0.119. The van der Waals surface area contributed by atoms with E-state index in [9.17, 15) is 4.79 Å². The zero-order valence-electron chi connectivity index (χ0n) is 12.2. The molecule has 0 unspecified atom stereocenters. The normalized spacial score (nSPS) is 12.2. The first-order chi connectivity index (χ1) is 10.7. The maximum atomic E-state index is 12.0. The van der Waals surface area contributed by atoms with Gasteiger partial charge in [-0.2, -0.15) is 0 Å². The lowest BCUT2D eigenvalue weighted by atomic mass is 10.2. The molecule has 2 aromatic heterocycles. The van der Waals surface area contributed by atoms with Crippen molar-refractivity contribution in [3.05, 3.63) is 58.8 Å². The highest BCUT2D eigenvalue weighted by atomic mass is 32.2. The minimum Gasteiger partial charge on any atom is -0.348 e. The molecule has 0 fully saturated rings. The molecule has 0 bridgehead atoms. The Bertz CT molecular complexity index is 771. The lowest BCUT2D eigenvalue weighted by Gasteiger charge is -2.11. The van der Waals surface area contributed by atoms with E-state index in [4.69, 9.17) is 0 Å². The fraction of sp³-hybridized carbons (Fsp3) is 0.176. The molecule has 1 atom stereocenters. The van der Waals surface area contributed by atoms with E-state index >= 15 is 0 Å². The summed E-state index contributed by atoms with van der Waals surface area (Å²) in [6.07, 6.45) is 0. The number of hydrogen-bond donors (Lipinski definition) is 1. The molecule has 3 rings (SSSR count). The van der Waals surface area contributed by atoms with Crippen LogP contribution in [0, 0.1) is 0 Å². The number of carbonyl (C=O) groups excluding carboxylic acids is 1. The van der Waals surface area contributed by atoms with E-state index in [1.165, 1.54) is 16.6 Å². The van der Waals surface area contributed by atoms with Gasteiger partial charge in [-0.15, -0.1) is 11.3 Å². The fourth-order valence-corrected chi connectivity index (χ4v) is 3.58. The Morgan fingerprint density at radius 2 is 2.09 bits per heavy atom. The highest BCUT2D eigenvalue weighted by Crippen LogP contribution is 2.21. The van der Waals surface area contributed by atoms with E-state index in [1.807, 2.05) is 60.8 Å². The maximum absolute atomic E-state index is 12.0. The highest BCUT2D eigenvalue weighted by Gasteiger charge is 2.11. The van der Waals surface area contributed by atoms with Crippen molar-refractivity contribution in [3.63, 3.8) is 0 Å². The van der Waals surface area contributed by atoms with E-state index in [0.29, 0.717) is 5.75 Å². The molecule has 112 valence electrons. The van der Waals surface area contributed by atoms with Crippen molar-refractivity contribution >= 4 is 39.9 Å². The van der Waals surface area contributed by atoms with Crippen LogP contribution in [0.3, 0.4) is 0 Å². The van der Waals surface area contributed by atoms with E-state index in [-0.39, 0.29) is 11.9 Å². The average Bonchev–Trinajstić information content (AvgIpc) is 3.07. The Morgan fingerprint density at radius 3 is 2.91 bits per heavy atom. The summed E-state index contributed by atoms with van der Waals surface area (Å²) < 4.78 is 0. The zero-order valence-corrected chi connectivity index (χ0v) is 13.8. The van der Waals surface area contributed by atoms with Crippen LogP contribution < -0.4 is 5.32 Å². The van der Waals surface area contributed by atoms with Gasteiger partial charge < -0.3 is 5.32 Å². The van der Waals surface area contributed by atoms with Crippen molar-refractivity contribution in [2.24, 2.45) is 0 Å². The molecule has 1 N–H and O–H groups in total. The molecule has 0 aliphatic heterocycles. The second-order valence-corrected chi connectivity index (χ2v) is 6.91. The summed E-state index contributed by atoms with van der Waals surface area (Å²) in [6.45, 7) is 2.00. The molecule has 1 aromatic carbocycles. The van der Waals surface area contributed by atoms with Crippen LogP contribution in [0.1, 0.15) is 17.8 Å². The summed E-state index contributed by atoms with van der Waals surface area (Å²) in [7, 11) is 0. The molecular weight excluding hydrogens is 312 g/mol. The molecule has 3 aromatic rings. The van der Waals surface area contributed by atoms with Gasteiger partial charge in [-0.05, 0) is 30.5 Å². The van der Waals surface area contributed by atoms with Gasteiger partial charge in [0.15, 0.2) is 0 Å². The minimum absolute atomic E-state index is 0.0286. The zero-order chi connectivity index (χ0) is 15.4. The second kappa shape index (κ2) is 6.94. The largest absolute Gasteiger partial charge is 0.348 e. The van der Waals surface area contributed by atoms with Crippen molar-refractivity contribution < 1.29 is 4.79 Å². The third kappa shape index (κ3) is 3.67. The quantitative estimate of drug-likeness (QED) is 0.711. The van der Waals surface area contributed by atoms with Crippen molar-refractivity contribution in [1.29, 1.82) is 0 Å². The van der Waals surface area contributed by atoms with Crippen LogP contribution in [0.25, 0.3) is 10.9 Å². The van der Waals surface area contributed by atoms with E-state index in [1.54, 1.807) is 11.3 Å². The maximum Gasteiger partial charge on any atom is 0.230 e. The van der Waals surface area contributed by atoms with E-state index < -0.39 is 0 Å². The Morgan fingerprint density at radius 1 is 1.23 bits per heavy atom. The van der Waals surface area contributed by atoms with Crippen molar-refractivity contribution in [3.8, 4) is 0 Å². The lowest BCUT2D eigenvalue weighted by Crippen LogP contribution is -2.27. The summed E-state index contributed by atoms with van der Waals surface area (Å²) in [6, 6.07) is 16.1. The summed E-state index contributed by atoms with van der Waals surface area (Å²) in [5, 5.41) is 7.02. The number of hydrogen-bond acceptors (Lipinski definition) is 4. The van der Waals surface area contributed by atoms with E-state index in [2.05, 4.69) is 10.3 Å². The monoisotopic (exact) mass is 328 g/mol. The number of rotatable bonds is 5. The molecule has 0 aliphatic carbocycles. The van der Waals surface area contributed by atoms with Crippen LogP contribution in [0.5, 0.6) is 0 Å². The van der Waals surface area contributed by atoms with Gasteiger partial charge in [-0.25, -0.2) is 4.98 Å². The number of para-hydroxylation sites is 1. The summed E-state index contributed by atoms with van der Waals surface area (Å²) in [5.41, 5.74) is 0.958. The summed E-state index contributed by atoms with van der Waals surface area (Å²) in [5.74, 6) is 0.405. The van der Waals surface area contributed by atoms with Gasteiger partial charge in [0.1, 0.15) is 0 Å². The first-order valence-electron chi connectivity index (χ1n) is 7.04. The number of amides is 1. The fourth-order valence-electron chi connectivity index (χ4n) is 2.16. The number of thiophene rings is 1. The number of thioether (sulfide) groups is 1. The van der Waals surface area contributed by atoms with Gasteiger partial charge >= 0.3 is 0 Å².